The minimum absolute atomic E-state index is 0.312. The molecule has 0 unspecified atom stereocenters. The Balaban J connectivity index is 1.38. The van der Waals surface area contributed by atoms with E-state index in [2.05, 4.69) is 16.2 Å². The van der Waals surface area contributed by atoms with E-state index < -0.39 is 11.8 Å². The van der Waals surface area contributed by atoms with Gasteiger partial charge >= 0.3 is 0 Å². The molecule has 0 atom stereocenters. The van der Waals surface area contributed by atoms with Crippen LogP contribution in [0.2, 0.25) is 10.0 Å². The van der Waals surface area contributed by atoms with Crippen molar-refractivity contribution < 1.29 is 14.4 Å². The van der Waals surface area contributed by atoms with Crippen LogP contribution in [-0.4, -0.2) is 17.7 Å². The van der Waals surface area contributed by atoms with Crippen LogP contribution >= 0.6 is 34.5 Å². The van der Waals surface area contributed by atoms with E-state index in [9.17, 15) is 14.4 Å². The summed E-state index contributed by atoms with van der Waals surface area (Å²) in [6.45, 7) is 1.92. The van der Waals surface area contributed by atoms with Crippen LogP contribution in [0, 0.1) is 6.92 Å². The van der Waals surface area contributed by atoms with Gasteiger partial charge in [-0.05, 0) is 55.5 Å². The second kappa shape index (κ2) is 9.62. The second-order valence-electron chi connectivity index (χ2n) is 7.19. The zero-order chi connectivity index (χ0) is 23.5. The van der Waals surface area contributed by atoms with E-state index in [1.54, 1.807) is 42.5 Å². The first-order valence-corrected chi connectivity index (χ1v) is 11.4. The van der Waals surface area contributed by atoms with Gasteiger partial charge < -0.3 is 5.32 Å². The quantitative estimate of drug-likeness (QED) is 0.309. The average molecular weight is 498 g/mol. The van der Waals surface area contributed by atoms with Gasteiger partial charge in [0, 0.05) is 31.9 Å². The van der Waals surface area contributed by atoms with Crippen molar-refractivity contribution in [2.45, 2.75) is 6.92 Å². The lowest BCUT2D eigenvalue weighted by Gasteiger charge is -2.09. The molecule has 1 heterocycles. The summed E-state index contributed by atoms with van der Waals surface area (Å²) in [5.41, 5.74) is 7.01. The molecule has 4 rings (SSSR count). The average Bonchev–Trinajstić information content (AvgIpc) is 3.13. The minimum atomic E-state index is -0.488. The van der Waals surface area contributed by atoms with Crippen LogP contribution in [0.5, 0.6) is 0 Å². The van der Waals surface area contributed by atoms with E-state index in [0.29, 0.717) is 31.7 Å². The number of hydrogen-bond donors (Lipinski definition) is 3. The third-order valence-electron chi connectivity index (χ3n) is 4.81. The number of anilines is 1. The predicted octanol–water partition coefficient (Wildman–Crippen LogP) is 5.84. The summed E-state index contributed by atoms with van der Waals surface area (Å²) in [4.78, 5) is 37.5. The molecule has 6 nitrogen and oxygen atoms in total. The number of thiophene rings is 1. The monoisotopic (exact) mass is 497 g/mol. The van der Waals surface area contributed by atoms with Crippen molar-refractivity contribution in [2.75, 3.05) is 5.32 Å². The molecule has 0 bridgehead atoms. The molecular weight excluding hydrogens is 481 g/mol. The van der Waals surface area contributed by atoms with Gasteiger partial charge in [-0.1, -0.05) is 47.0 Å². The molecular formula is C24H17Cl2N3O3S. The molecule has 0 aliphatic carbocycles. The first-order valence-electron chi connectivity index (χ1n) is 9.78. The number of rotatable bonds is 4. The summed E-state index contributed by atoms with van der Waals surface area (Å²) < 4.78 is 0.817. The summed E-state index contributed by atoms with van der Waals surface area (Å²) in [6, 6.07) is 18.5. The van der Waals surface area contributed by atoms with Gasteiger partial charge in [0.25, 0.3) is 17.7 Å². The minimum Gasteiger partial charge on any atom is -0.321 e. The molecule has 0 spiro atoms. The Morgan fingerprint density at radius 1 is 0.758 bits per heavy atom. The van der Waals surface area contributed by atoms with Crippen molar-refractivity contribution in [1.29, 1.82) is 0 Å². The van der Waals surface area contributed by atoms with E-state index in [0.717, 1.165) is 15.6 Å². The Labute approximate surface area is 203 Å². The molecule has 3 N–H and O–H groups in total. The Morgan fingerprint density at radius 2 is 1.33 bits per heavy atom. The number of amides is 3. The Morgan fingerprint density at radius 3 is 1.94 bits per heavy atom. The van der Waals surface area contributed by atoms with Gasteiger partial charge in [-0.15, -0.1) is 11.3 Å². The van der Waals surface area contributed by atoms with Gasteiger partial charge in [0.05, 0.1) is 5.02 Å². The standard InChI is InChI=1S/C24H17Cl2N3O3S/c1-13-2-4-14(5-3-13)22(30)28-29-23(31)15-6-9-17(10-7-15)27-24(32)21-20(26)18-11-8-16(25)12-19(18)33-21/h2-12H,1H3,(H,27,32)(H,28,30)(H,29,31). The molecule has 4 aromatic rings. The van der Waals surface area contributed by atoms with Crippen LogP contribution in [-0.2, 0) is 0 Å². The van der Waals surface area contributed by atoms with Gasteiger partial charge in [0.15, 0.2) is 0 Å². The summed E-state index contributed by atoms with van der Waals surface area (Å²) in [7, 11) is 0. The summed E-state index contributed by atoms with van der Waals surface area (Å²) in [5, 5.41) is 4.46. The van der Waals surface area contributed by atoms with Crippen molar-refractivity contribution in [3.63, 3.8) is 0 Å². The molecule has 3 amide bonds. The lowest BCUT2D eigenvalue weighted by Crippen LogP contribution is -2.41. The summed E-state index contributed by atoms with van der Waals surface area (Å²) in [5.74, 6) is -1.27. The van der Waals surface area contributed by atoms with Crippen molar-refractivity contribution in [3.8, 4) is 0 Å². The first kappa shape index (κ1) is 22.8. The van der Waals surface area contributed by atoms with E-state index in [1.165, 1.54) is 23.5 Å². The van der Waals surface area contributed by atoms with E-state index in [4.69, 9.17) is 23.2 Å². The zero-order valence-electron chi connectivity index (χ0n) is 17.2. The highest BCUT2D eigenvalue weighted by Crippen LogP contribution is 2.37. The van der Waals surface area contributed by atoms with Gasteiger partial charge in [-0.3, -0.25) is 25.2 Å². The lowest BCUT2D eigenvalue weighted by atomic mass is 10.1. The zero-order valence-corrected chi connectivity index (χ0v) is 19.6. The Bertz CT molecular complexity index is 1370. The third-order valence-corrected chi connectivity index (χ3v) is 6.70. The number of halogens is 2. The number of fused-ring (bicyclic) bond motifs is 1. The number of carbonyl (C=O) groups is 3. The van der Waals surface area contributed by atoms with Crippen LogP contribution in [0.4, 0.5) is 5.69 Å². The highest BCUT2D eigenvalue weighted by Gasteiger charge is 2.18. The molecule has 166 valence electrons. The first-order chi connectivity index (χ1) is 15.8. The molecule has 33 heavy (non-hydrogen) atoms. The topological polar surface area (TPSA) is 87.3 Å². The number of aryl methyl sites for hydroxylation is 1. The molecule has 1 aromatic heterocycles. The fourth-order valence-corrected chi connectivity index (χ4v) is 4.73. The smallest absolute Gasteiger partial charge is 0.269 e. The van der Waals surface area contributed by atoms with E-state index in [-0.39, 0.29) is 5.91 Å². The fourth-order valence-electron chi connectivity index (χ4n) is 3.04. The number of benzene rings is 3. The molecule has 3 aromatic carbocycles. The van der Waals surface area contributed by atoms with Crippen LogP contribution in [0.3, 0.4) is 0 Å². The van der Waals surface area contributed by atoms with Gasteiger partial charge in [0.1, 0.15) is 4.88 Å². The molecule has 0 fully saturated rings. The SMILES string of the molecule is Cc1ccc(C(=O)NNC(=O)c2ccc(NC(=O)c3sc4cc(Cl)ccc4c3Cl)cc2)cc1. The van der Waals surface area contributed by atoms with Gasteiger partial charge in [-0.2, -0.15) is 0 Å². The maximum atomic E-state index is 12.7. The van der Waals surface area contributed by atoms with E-state index >= 15 is 0 Å². The Kier molecular flexibility index (Phi) is 6.65. The third kappa shape index (κ3) is 5.17. The summed E-state index contributed by atoms with van der Waals surface area (Å²) in [6.07, 6.45) is 0. The van der Waals surface area contributed by atoms with Crippen molar-refractivity contribution in [3.05, 3.63) is 98.3 Å². The van der Waals surface area contributed by atoms with Crippen molar-refractivity contribution in [2.24, 2.45) is 0 Å². The predicted molar refractivity (Wildman–Crippen MR) is 132 cm³/mol. The maximum Gasteiger partial charge on any atom is 0.269 e. The van der Waals surface area contributed by atoms with Gasteiger partial charge in [0.2, 0.25) is 0 Å². The molecule has 0 saturated carbocycles. The maximum absolute atomic E-state index is 12.7. The highest BCUT2D eigenvalue weighted by atomic mass is 35.5. The second-order valence-corrected chi connectivity index (χ2v) is 9.06. The molecule has 0 aliphatic rings. The molecule has 0 saturated heterocycles. The van der Waals surface area contributed by atoms with Crippen molar-refractivity contribution in [1.82, 2.24) is 10.9 Å². The summed E-state index contributed by atoms with van der Waals surface area (Å²) >= 11 is 13.6. The normalized spacial score (nSPS) is 10.6. The Hall–Kier alpha value is -3.39. The van der Waals surface area contributed by atoms with Crippen LogP contribution in [0.1, 0.15) is 36.0 Å². The van der Waals surface area contributed by atoms with Crippen LogP contribution in [0.15, 0.2) is 66.7 Å². The van der Waals surface area contributed by atoms with E-state index in [1.807, 2.05) is 19.1 Å². The highest BCUT2D eigenvalue weighted by molar-refractivity contribution is 7.21. The molecule has 9 heteroatoms. The lowest BCUT2D eigenvalue weighted by molar-refractivity contribution is 0.0846. The largest absolute Gasteiger partial charge is 0.321 e. The number of nitrogens with one attached hydrogen (secondary N) is 3. The molecule has 0 radical (unpaired) electrons. The molecule has 0 aliphatic heterocycles. The van der Waals surface area contributed by atoms with Crippen LogP contribution < -0.4 is 16.2 Å². The fraction of sp³-hybridized carbons (Fsp3) is 0.0417. The van der Waals surface area contributed by atoms with Gasteiger partial charge in [-0.25, -0.2) is 0 Å². The van der Waals surface area contributed by atoms with Crippen LogP contribution in [0.25, 0.3) is 10.1 Å². The van der Waals surface area contributed by atoms with Crippen molar-refractivity contribution >= 4 is 68.0 Å². The number of hydrazine groups is 1. The number of hydrogen-bond acceptors (Lipinski definition) is 4. The number of carbonyl (C=O) groups excluding carboxylic acids is 3.